The maximum Gasteiger partial charge on any atom is 0.227 e. The first-order valence-electron chi connectivity index (χ1n) is 8.32. The van der Waals surface area contributed by atoms with Crippen molar-refractivity contribution in [3.8, 4) is 10.6 Å². The van der Waals surface area contributed by atoms with Crippen molar-refractivity contribution in [3.05, 3.63) is 64.6 Å². The molecule has 1 aromatic carbocycles. The van der Waals surface area contributed by atoms with Crippen LogP contribution in [0.25, 0.3) is 10.6 Å². The average Bonchev–Trinajstić information content (AvgIpc) is 3.16. The number of nitrogens with two attached hydrogens (primary N) is 1. The van der Waals surface area contributed by atoms with E-state index >= 15 is 0 Å². The molecule has 3 N–H and O–H groups in total. The number of anilines is 1. The van der Waals surface area contributed by atoms with Crippen molar-refractivity contribution >= 4 is 34.5 Å². The molecule has 0 unspecified atom stereocenters. The van der Waals surface area contributed by atoms with Crippen molar-refractivity contribution in [2.24, 2.45) is 11.7 Å². The van der Waals surface area contributed by atoms with Crippen LogP contribution in [-0.4, -0.2) is 15.9 Å². The number of carbonyl (C=O) groups is 1. The van der Waals surface area contributed by atoms with Crippen LogP contribution in [-0.2, 0) is 4.79 Å². The van der Waals surface area contributed by atoms with E-state index in [2.05, 4.69) is 15.3 Å². The summed E-state index contributed by atoms with van der Waals surface area (Å²) in [6.07, 6.45) is 3.89. The molecule has 0 aliphatic carbocycles. The van der Waals surface area contributed by atoms with Gasteiger partial charge in [-0.1, -0.05) is 24.6 Å². The van der Waals surface area contributed by atoms with Crippen molar-refractivity contribution in [2.45, 2.75) is 19.4 Å². The minimum Gasteiger partial charge on any atom is -0.326 e. The molecule has 3 aromatic rings. The van der Waals surface area contributed by atoms with E-state index < -0.39 is 5.82 Å². The molecule has 0 radical (unpaired) electrons. The van der Waals surface area contributed by atoms with E-state index in [-0.39, 0.29) is 22.9 Å². The molecular weight excluding hydrogens is 387 g/mol. The maximum atomic E-state index is 13.2. The molecule has 1 amide bonds. The largest absolute Gasteiger partial charge is 0.326 e. The minimum absolute atomic E-state index is 0.0398. The number of thiazole rings is 1. The van der Waals surface area contributed by atoms with Crippen molar-refractivity contribution in [1.82, 2.24) is 9.97 Å². The first kappa shape index (κ1) is 19.4. The van der Waals surface area contributed by atoms with Gasteiger partial charge < -0.3 is 11.1 Å². The standard InChI is InChI=1S/C19H18ClFN4OS/c1-11(18(26)25-12-5-6-14(21)13(20)9-12)8-15(22)19-24-10-17(27-19)16-4-2-3-7-23-16/h2-7,9-11,15H,8,22H2,1H3,(H,25,26)/t11-,15+/m1/s1. The molecule has 0 bridgehead atoms. The van der Waals surface area contributed by atoms with Gasteiger partial charge in [0.15, 0.2) is 0 Å². The summed E-state index contributed by atoms with van der Waals surface area (Å²) in [4.78, 5) is 22.0. The quantitative estimate of drug-likeness (QED) is 0.626. The smallest absolute Gasteiger partial charge is 0.227 e. The first-order chi connectivity index (χ1) is 12.9. The highest BCUT2D eigenvalue weighted by Crippen LogP contribution is 2.29. The number of halogens is 2. The molecule has 140 valence electrons. The Balaban J connectivity index is 1.61. The number of nitrogens with one attached hydrogen (secondary N) is 1. The highest BCUT2D eigenvalue weighted by molar-refractivity contribution is 7.15. The first-order valence-corrected chi connectivity index (χ1v) is 9.52. The molecule has 3 rings (SSSR count). The molecule has 2 aromatic heterocycles. The number of amides is 1. The van der Waals surface area contributed by atoms with Crippen LogP contribution in [0.4, 0.5) is 10.1 Å². The molecule has 0 spiro atoms. The normalized spacial score (nSPS) is 13.2. The van der Waals surface area contributed by atoms with Crippen LogP contribution in [0.2, 0.25) is 5.02 Å². The van der Waals surface area contributed by atoms with Gasteiger partial charge in [0.1, 0.15) is 10.8 Å². The van der Waals surface area contributed by atoms with Gasteiger partial charge in [0.25, 0.3) is 0 Å². The van der Waals surface area contributed by atoms with Crippen LogP contribution in [0, 0.1) is 11.7 Å². The van der Waals surface area contributed by atoms with Crippen LogP contribution in [0.5, 0.6) is 0 Å². The second-order valence-electron chi connectivity index (χ2n) is 6.14. The highest BCUT2D eigenvalue weighted by Gasteiger charge is 2.20. The third kappa shape index (κ3) is 4.88. The molecule has 0 saturated heterocycles. The Labute approximate surface area is 165 Å². The summed E-state index contributed by atoms with van der Waals surface area (Å²) in [6, 6.07) is 9.36. The number of hydrogen-bond acceptors (Lipinski definition) is 5. The lowest BCUT2D eigenvalue weighted by atomic mass is 10.0. The van der Waals surface area contributed by atoms with Crippen molar-refractivity contribution in [3.63, 3.8) is 0 Å². The van der Waals surface area contributed by atoms with Gasteiger partial charge in [-0.15, -0.1) is 11.3 Å². The summed E-state index contributed by atoms with van der Waals surface area (Å²) in [6.45, 7) is 1.79. The molecule has 2 atom stereocenters. The molecule has 8 heteroatoms. The van der Waals surface area contributed by atoms with Crippen LogP contribution in [0.1, 0.15) is 24.4 Å². The van der Waals surface area contributed by atoms with E-state index in [0.29, 0.717) is 12.1 Å². The Morgan fingerprint density at radius 2 is 2.15 bits per heavy atom. The van der Waals surface area contributed by atoms with Gasteiger partial charge in [0, 0.05) is 24.0 Å². The van der Waals surface area contributed by atoms with E-state index in [0.717, 1.165) is 15.6 Å². The fraction of sp³-hybridized carbons (Fsp3) is 0.211. The van der Waals surface area contributed by atoms with Crippen molar-refractivity contribution < 1.29 is 9.18 Å². The van der Waals surface area contributed by atoms with Gasteiger partial charge in [-0.3, -0.25) is 9.78 Å². The fourth-order valence-corrected chi connectivity index (χ4v) is 3.60. The zero-order chi connectivity index (χ0) is 19.4. The Hall–Kier alpha value is -2.35. The minimum atomic E-state index is -0.530. The van der Waals surface area contributed by atoms with Crippen molar-refractivity contribution in [1.29, 1.82) is 0 Å². The monoisotopic (exact) mass is 404 g/mol. The molecular formula is C19H18ClFN4OS. The summed E-state index contributed by atoms with van der Waals surface area (Å²) in [5.41, 5.74) is 7.52. The molecule has 0 aliphatic heterocycles. The van der Waals surface area contributed by atoms with Crippen molar-refractivity contribution in [2.75, 3.05) is 5.32 Å². The topological polar surface area (TPSA) is 80.9 Å². The van der Waals surface area contributed by atoms with Crippen LogP contribution >= 0.6 is 22.9 Å². The SMILES string of the molecule is C[C@H](C[C@H](N)c1ncc(-c2ccccn2)s1)C(=O)Nc1ccc(F)c(Cl)c1. The molecule has 0 saturated carbocycles. The third-order valence-electron chi connectivity index (χ3n) is 4.00. The van der Waals surface area contributed by atoms with Gasteiger partial charge in [-0.05, 0) is 36.8 Å². The second-order valence-corrected chi connectivity index (χ2v) is 7.61. The number of hydrogen-bond donors (Lipinski definition) is 2. The number of pyridine rings is 1. The van der Waals surface area contributed by atoms with E-state index in [1.807, 2.05) is 18.2 Å². The summed E-state index contributed by atoms with van der Waals surface area (Å²) >= 11 is 7.20. The second kappa shape index (κ2) is 8.56. The Bertz CT molecular complexity index is 934. The van der Waals surface area contributed by atoms with Gasteiger partial charge in [0.2, 0.25) is 5.91 Å². The number of benzene rings is 1. The van der Waals surface area contributed by atoms with E-state index in [9.17, 15) is 9.18 Å². The third-order valence-corrected chi connectivity index (χ3v) is 5.44. The summed E-state index contributed by atoms with van der Waals surface area (Å²) in [7, 11) is 0. The summed E-state index contributed by atoms with van der Waals surface area (Å²) in [5.74, 6) is -1.10. The number of rotatable bonds is 6. The lowest BCUT2D eigenvalue weighted by molar-refractivity contribution is -0.119. The Kier molecular flexibility index (Phi) is 6.15. The summed E-state index contributed by atoms with van der Waals surface area (Å²) < 4.78 is 13.2. The lowest BCUT2D eigenvalue weighted by Crippen LogP contribution is -2.24. The number of nitrogens with zero attached hydrogens (tertiary/aromatic N) is 2. The summed E-state index contributed by atoms with van der Waals surface area (Å²) in [5, 5.41) is 3.44. The zero-order valence-corrected chi connectivity index (χ0v) is 16.1. The van der Waals surface area contributed by atoms with Gasteiger partial charge in [-0.2, -0.15) is 0 Å². The highest BCUT2D eigenvalue weighted by atomic mass is 35.5. The number of carbonyl (C=O) groups excluding carboxylic acids is 1. The Morgan fingerprint density at radius 1 is 1.33 bits per heavy atom. The molecule has 2 heterocycles. The molecule has 0 aliphatic rings. The molecule has 0 fully saturated rings. The van der Waals surface area contributed by atoms with Gasteiger partial charge in [-0.25, -0.2) is 9.37 Å². The van der Waals surface area contributed by atoms with E-state index in [1.54, 1.807) is 19.3 Å². The van der Waals surface area contributed by atoms with E-state index in [1.165, 1.54) is 29.5 Å². The Morgan fingerprint density at radius 3 is 2.85 bits per heavy atom. The van der Waals surface area contributed by atoms with E-state index in [4.69, 9.17) is 17.3 Å². The van der Waals surface area contributed by atoms with Crippen LogP contribution < -0.4 is 11.1 Å². The van der Waals surface area contributed by atoms with Gasteiger partial charge >= 0.3 is 0 Å². The number of aromatic nitrogens is 2. The predicted molar refractivity (Wildman–Crippen MR) is 106 cm³/mol. The predicted octanol–water partition coefficient (Wildman–Crippen LogP) is 4.66. The molecule has 5 nitrogen and oxygen atoms in total. The fourth-order valence-electron chi connectivity index (χ4n) is 2.51. The van der Waals surface area contributed by atoms with Crippen LogP contribution in [0.15, 0.2) is 48.8 Å². The molecule has 27 heavy (non-hydrogen) atoms. The van der Waals surface area contributed by atoms with Crippen LogP contribution in [0.3, 0.4) is 0 Å². The lowest BCUT2D eigenvalue weighted by Gasteiger charge is -2.15. The van der Waals surface area contributed by atoms with Gasteiger partial charge in [0.05, 0.1) is 21.6 Å². The average molecular weight is 405 g/mol. The zero-order valence-electron chi connectivity index (χ0n) is 14.5. The maximum absolute atomic E-state index is 13.2.